The van der Waals surface area contributed by atoms with Crippen LogP contribution in [-0.4, -0.2) is 13.7 Å². The summed E-state index contributed by atoms with van der Waals surface area (Å²) >= 11 is 3.44. The Kier molecular flexibility index (Phi) is 4.65. The van der Waals surface area contributed by atoms with E-state index in [2.05, 4.69) is 45.5 Å². The Labute approximate surface area is 116 Å². The third kappa shape index (κ3) is 3.50. The largest absolute Gasteiger partial charge is 0.495 e. The van der Waals surface area contributed by atoms with Crippen molar-refractivity contribution in [2.24, 2.45) is 0 Å². The van der Waals surface area contributed by atoms with Crippen molar-refractivity contribution in [2.45, 2.75) is 6.42 Å². The number of hydrogen-bond acceptors (Lipinski definition) is 2. The zero-order chi connectivity index (χ0) is 12.8. The van der Waals surface area contributed by atoms with Crippen LogP contribution >= 0.6 is 15.9 Å². The van der Waals surface area contributed by atoms with Gasteiger partial charge in [-0.2, -0.15) is 0 Å². The smallest absolute Gasteiger partial charge is 0.135 e. The maximum Gasteiger partial charge on any atom is 0.135 e. The normalized spacial score (nSPS) is 10.1. The molecular formula is C15H16BrNO. The molecule has 0 atom stereocenters. The second-order valence-electron chi connectivity index (χ2n) is 4.01. The molecule has 0 saturated heterocycles. The van der Waals surface area contributed by atoms with Gasteiger partial charge in [0.1, 0.15) is 5.75 Å². The topological polar surface area (TPSA) is 21.3 Å². The SMILES string of the molecule is COc1cc(NCCc2ccccc2)ccc1Br. The van der Waals surface area contributed by atoms with Gasteiger partial charge in [-0.15, -0.1) is 0 Å². The number of benzene rings is 2. The predicted molar refractivity (Wildman–Crippen MR) is 79.3 cm³/mol. The van der Waals surface area contributed by atoms with Crippen LogP contribution in [0.3, 0.4) is 0 Å². The van der Waals surface area contributed by atoms with E-state index >= 15 is 0 Å². The van der Waals surface area contributed by atoms with Crippen molar-refractivity contribution in [1.29, 1.82) is 0 Å². The van der Waals surface area contributed by atoms with Crippen molar-refractivity contribution >= 4 is 21.6 Å². The first-order valence-electron chi connectivity index (χ1n) is 5.91. The molecule has 0 radical (unpaired) electrons. The van der Waals surface area contributed by atoms with E-state index in [0.717, 1.165) is 28.9 Å². The number of nitrogens with one attached hydrogen (secondary N) is 1. The van der Waals surface area contributed by atoms with Gasteiger partial charge in [0, 0.05) is 18.3 Å². The van der Waals surface area contributed by atoms with Crippen LogP contribution in [-0.2, 0) is 6.42 Å². The number of anilines is 1. The van der Waals surface area contributed by atoms with Crippen LogP contribution in [0.2, 0.25) is 0 Å². The summed E-state index contributed by atoms with van der Waals surface area (Å²) in [7, 11) is 1.67. The van der Waals surface area contributed by atoms with Crippen LogP contribution in [0.1, 0.15) is 5.56 Å². The van der Waals surface area contributed by atoms with Crippen LogP contribution in [0.5, 0.6) is 5.75 Å². The van der Waals surface area contributed by atoms with Crippen LogP contribution in [0, 0.1) is 0 Å². The van der Waals surface area contributed by atoms with Gasteiger partial charge in [0.2, 0.25) is 0 Å². The monoisotopic (exact) mass is 305 g/mol. The lowest BCUT2D eigenvalue weighted by molar-refractivity contribution is 0.412. The Balaban J connectivity index is 1.91. The number of hydrogen-bond donors (Lipinski definition) is 1. The molecule has 0 bridgehead atoms. The van der Waals surface area contributed by atoms with E-state index in [9.17, 15) is 0 Å². The summed E-state index contributed by atoms with van der Waals surface area (Å²) in [5.74, 6) is 0.847. The standard InChI is InChI=1S/C15H16BrNO/c1-18-15-11-13(7-8-14(15)16)17-10-9-12-5-3-2-4-6-12/h2-8,11,17H,9-10H2,1H3. The number of rotatable bonds is 5. The molecule has 0 unspecified atom stereocenters. The summed E-state index contributed by atoms with van der Waals surface area (Å²) in [5.41, 5.74) is 2.42. The van der Waals surface area contributed by atoms with Gasteiger partial charge in [-0.25, -0.2) is 0 Å². The van der Waals surface area contributed by atoms with Crippen molar-refractivity contribution in [3.8, 4) is 5.75 Å². The molecule has 2 aromatic rings. The van der Waals surface area contributed by atoms with E-state index < -0.39 is 0 Å². The molecule has 1 N–H and O–H groups in total. The Morgan fingerprint density at radius 1 is 1.11 bits per heavy atom. The molecule has 3 heteroatoms. The predicted octanol–water partition coefficient (Wildman–Crippen LogP) is 4.11. The quantitative estimate of drug-likeness (QED) is 0.897. The molecule has 2 aromatic carbocycles. The highest BCUT2D eigenvalue weighted by molar-refractivity contribution is 9.10. The van der Waals surface area contributed by atoms with Gasteiger partial charge in [-0.3, -0.25) is 0 Å². The molecule has 0 saturated carbocycles. The first-order valence-corrected chi connectivity index (χ1v) is 6.70. The lowest BCUT2D eigenvalue weighted by Crippen LogP contribution is -2.04. The van der Waals surface area contributed by atoms with Gasteiger partial charge in [0.25, 0.3) is 0 Å². The molecule has 0 aliphatic heterocycles. The van der Waals surface area contributed by atoms with E-state index in [0.29, 0.717) is 0 Å². The van der Waals surface area contributed by atoms with Crippen molar-refractivity contribution in [1.82, 2.24) is 0 Å². The first kappa shape index (κ1) is 13.0. The van der Waals surface area contributed by atoms with Crippen molar-refractivity contribution < 1.29 is 4.74 Å². The third-order valence-corrected chi connectivity index (χ3v) is 3.39. The molecule has 0 amide bonds. The molecule has 0 spiro atoms. The fourth-order valence-corrected chi connectivity index (χ4v) is 2.17. The van der Waals surface area contributed by atoms with Gasteiger partial charge >= 0.3 is 0 Å². The Bertz CT molecular complexity index is 499. The van der Waals surface area contributed by atoms with Gasteiger partial charge in [0.05, 0.1) is 11.6 Å². The summed E-state index contributed by atoms with van der Waals surface area (Å²) in [6, 6.07) is 16.5. The summed E-state index contributed by atoms with van der Waals surface area (Å²) in [5, 5.41) is 3.39. The lowest BCUT2D eigenvalue weighted by Gasteiger charge is -2.09. The van der Waals surface area contributed by atoms with E-state index in [-0.39, 0.29) is 0 Å². The molecule has 94 valence electrons. The molecule has 0 fully saturated rings. The lowest BCUT2D eigenvalue weighted by atomic mass is 10.1. The molecular weight excluding hydrogens is 290 g/mol. The zero-order valence-electron chi connectivity index (χ0n) is 10.3. The second-order valence-corrected chi connectivity index (χ2v) is 4.87. The molecule has 18 heavy (non-hydrogen) atoms. The molecule has 2 rings (SSSR count). The van der Waals surface area contributed by atoms with Crippen LogP contribution in [0.15, 0.2) is 53.0 Å². The highest BCUT2D eigenvalue weighted by Crippen LogP contribution is 2.27. The Morgan fingerprint density at radius 3 is 2.61 bits per heavy atom. The van der Waals surface area contributed by atoms with E-state index in [1.807, 2.05) is 24.3 Å². The maximum absolute atomic E-state index is 5.26. The third-order valence-electron chi connectivity index (χ3n) is 2.74. The van der Waals surface area contributed by atoms with E-state index in [1.165, 1.54) is 5.56 Å². The van der Waals surface area contributed by atoms with Crippen LogP contribution in [0.25, 0.3) is 0 Å². The number of methoxy groups -OCH3 is 1. The van der Waals surface area contributed by atoms with Gasteiger partial charge in [-0.05, 0) is 40.0 Å². The molecule has 0 aliphatic rings. The van der Waals surface area contributed by atoms with Crippen LogP contribution in [0.4, 0.5) is 5.69 Å². The van der Waals surface area contributed by atoms with Crippen molar-refractivity contribution in [2.75, 3.05) is 19.0 Å². The summed E-state index contributed by atoms with van der Waals surface area (Å²) in [6.45, 7) is 0.912. The second kappa shape index (κ2) is 6.45. The Hall–Kier alpha value is -1.48. The minimum Gasteiger partial charge on any atom is -0.495 e. The van der Waals surface area contributed by atoms with Gasteiger partial charge < -0.3 is 10.1 Å². The van der Waals surface area contributed by atoms with Crippen molar-refractivity contribution in [3.05, 3.63) is 58.6 Å². The molecule has 0 aromatic heterocycles. The van der Waals surface area contributed by atoms with Crippen LogP contribution < -0.4 is 10.1 Å². The minimum absolute atomic E-state index is 0.847. The fourth-order valence-electron chi connectivity index (χ4n) is 1.77. The summed E-state index contributed by atoms with van der Waals surface area (Å²) in [6.07, 6.45) is 1.01. The van der Waals surface area contributed by atoms with Gasteiger partial charge in [-0.1, -0.05) is 30.3 Å². The highest BCUT2D eigenvalue weighted by Gasteiger charge is 2.01. The van der Waals surface area contributed by atoms with Crippen molar-refractivity contribution in [3.63, 3.8) is 0 Å². The highest BCUT2D eigenvalue weighted by atomic mass is 79.9. The minimum atomic E-state index is 0.847. The molecule has 0 heterocycles. The summed E-state index contributed by atoms with van der Waals surface area (Å²) < 4.78 is 6.23. The average molecular weight is 306 g/mol. The van der Waals surface area contributed by atoms with Gasteiger partial charge in [0.15, 0.2) is 0 Å². The van der Waals surface area contributed by atoms with E-state index in [4.69, 9.17) is 4.74 Å². The molecule has 2 nitrogen and oxygen atoms in total. The summed E-state index contributed by atoms with van der Waals surface area (Å²) in [4.78, 5) is 0. The number of halogens is 1. The zero-order valence-corrected chi connectivity index (χ0v) is 11.9. The number of ether oxygens (including phenoxy) is 1. The first-order chi connectivity index (χ1) is 8.79. The Morgan fingerprint density at radius 2 is 1.89 bits per heavy atom. The fraction of sp³-hybridized carbons (Fsp3) is 0.200. The molecule has 0 aliphatic carbocycles. The maximum atomic E-state index is 5.26. The average Bonchev–Trinajstić information content (AvgIpc) is 2.42. The van der Waals surface area contributed by atoms with E-state index in [1.54, 1.807) is 7.11 Å².